The molecule has 0 atom stereocenters. The van der Waals surface area contributed by atoms with Crippen LogP contribution in [0.5, 0.6) is 0 Å². The lowest BCUT2D eigenvalue weighted by atomic mass is 10.1. The van der Waals surface area contributed by atoms with Gasteiger partial charge in [0.1, 0.15) is 4.88 Å². The number of H-pyrrole nitrogens is 1. The highest BCUT2D eigenvalue weighted by Crippen LogP contribution is 2.36. The Bertz CT molecular complexity index is 1080. The fraction of sp³-hybridized carbons (Fsp3) is 0.105. The fourth-order valence-corrected chi connectivity index (χ4v) is 4.62. The summed E-state index contributed by atoms with van der Waals surface area (Å²) in [6.45, 7) is 0.548. The predicted molar refractivity (Wildman–Crippen MR) is 106 cm³/mol. The zero-order valence-corrected chi connectivity index (χ0v) is 15.4. The topological polar surface area (TPSA) is 44.9 Å². The number of hydrogen-bond acceptors (Lipinski definition) is 2. The number of carbonyl (C=O) groups is 1. The van der Waals surface area contributed by atoms with E-state index >= 15 is 0 Å². The van der Waals surface area contributed by atoms with Gasteiger partial charge in [-0.3, -0.25) is 4.79 Å². The summed E-state index contributed by atoms with van der Waals surface area (Å²) in [5.41, 5.74) is 2.29. The molecular weight excluding hydrogens is 375 g/mol. The lowest BCUT2D eigenvalue weighted by molar-refractivity contribution is 0.0958. The number of rotatable bonds is 4. The first-order chi connectivity index (χ1) is 12.1. The van der Waals surface area contributed by atoms with Crippen LogP contribution in [0.2, 0.25) is 10.0 Å². The van der Waals surface area contributed by atoms with E-state index in [-0.39, 0.29) is 5.91 Å². The van der Waals surface area contributed by atoms with Gasteiger partial charge in [0.15, 0.2) is 0 Å². The Balaban J connectivity index is 1.48. The highest BCUT2D eigenvalue weighted by atomic mass is 35.5. The van der Waals surface area contributed by atoms with E-state index in [0.717, 1.165) is 22.0 Å². The average molecular weight is 389 g/mol. The van der Waals surface area contributed by atoms with E-state index in [1.807, 2.05) is 36.5 Å². The molecule has 2 aromatic heterocycles. The Morgan fingerprint density at radius 1 is 1.12 bits per heavy atom. The van der Waals surface area contributed by atoms with E-state index in [1.54, 1.807) is 6.07 Å². The molecule has 0 radical (unpaired) electrons. The van der Waals surface area contributed by atoms with Crippen molar-refractivity contribution < 1.29 is 4.79 Å². The molecule has 126 valence electrons. The minimum Gasteiger partial charge on any atom is -0.361 e. The number of benzene rings is 2. The minimum atomic E-state index is -0.151. The Hall–Kier alpha value is -2.01. The molecule has 6 heteroatoms. The monoisotopic (exact) mass is 388 g/mol. The smallest absolute Gasteiger partial charge is 0.262 e. The maximum atomic E-state index is 12.5. The highest BCUT2D eigenvalue weighted by Gasteiger charge is 2.17. The van der Waals surface area contributed by atoms with Gasteiger partial charge in [-0.25, -0.2) is 0 Å². The molecule has 0 bridgehead atoms. The van der Waals surface area contributed by atoms with Gasteiger partial charge in [0.2, 0.25) is 0 Å². The van der Waals surface area contributed by atoms with E-state index in [9.17, 15) is 4.79 Å². The lowest BCUT2D eigenvalue weighted by Crippen LogP contribution is -2.25. The van der Waals surface area contributed by atoms with Gasteiger partial charge >= 0.3 is 0 Å². The molecule has 0 saturated carbocycles. The molecule has 0 unspecified atom stereocenters. The maximum Gasteiger partial charge on any atom is 0.262 e. The number of aromatic nitrogens is 1. The van der Waals surface area contributed by atoms with E-state index in [1.165, 1.54) is 22.3 Å². The third kappa shape index (κ3) is 3.13. The number of hydrogen-bond donors (Lipinski definition) is 2. The van der Waals surface area contributed by atoms with Gasteiger partial charge in [0.25, 0.3) is 5.91 Å². The first-order valence-corrected chi connectivity index (χ1v) is 9.41. The quantitative estimate of drug-likeness (QED) is 0.465. The first-order valence-electron chi connectivity index (χ1n) is 7.84. The van der Waals surface area contributed by atoms with Gasteiger partial charge in [-0.05, 0) is 30.2 Å². The van der Waals surface area contributed by atoms with Crippen molar-refractivity contribution in [3.63, 3.8) is 0 Å². The lowest BCUT2D eigenvalue weighted by Gasteiger charge is -2.03. The number of amides is 1. The van der Waals surface area contributed by atoms with Gasteiger partial charge in [0, 0.05) is 38.8 Å². The molecule has 25 heavy (non-hydrogen) atoms. The number of carbonyl (C=O) groups excluding carboxylic acids is 1. The van der Waals surface area contributed by atoms with Crippen LogP contribution in [-0.2, 0) is 6.42 Å². The van der Waals surface area contributed by atoms with Gasteiger partial charge in [0.05, 0.1) is 5.02 Å². The zero-order valence-electron chi connectivity index (χ0n) is 13.1. The summed E-state index contributed by atoms with van der Waals surface area (Å²) in [6.07, 6.45) is 2.75. The molecule has 4 rings (SSSR count). The standard InChI is InChI=1S/C19H14Cl2N2OS/c20-12-5-6-14-16(9-12)25-18(17(14)21)19(24)22-8-7-11-10-23-15-4-2-1-3-13(11)15/h1-6,9-10,23H,7-8H2,(H,22,24). The Morgan fingerprint density at radius 3 is 2.84 bits per heavy atom. The molecule has 4 aromatic rings. The van der Waals surface area contributed by atoms with E-state index in [4.69, 9.17) is 23.2 Å². The zero-order chi connectivity index (χ0) is 17.4. The van der Waals surface area contributed by atoms with Crippen LogP contribution in [0.4, 0.5) is 0 Å². The van der Waals surface area contributed by atoms with Crippen LogP contribution in [0.25, 0.3) is 21.0 Å². The van der Waals surface area contributed by atoms with Crippen molar-refractivity contribution in [2.45, 2.75) is 6.42 Å². The van der Waals surface area contributed by atoms with Gasteiger partial charge in [-0.1, -0.05) is 47.5 Å². The van der Waals surface area contributed by atoms with Crippen LogP contribution in [0.1, 0.15) is 15.2 Å². The molecule has 2 heterocycles. The first kappa shape index (κ1) is 16.5. The van der Waals surface area contributed by atoms with Crippen molar-refractivity contribution >= 4 is 61.4 Å². The van der Waals surface area contributed by atoms with Gasteiger partial charge in [-0.15, -0.1) is 11.3 Å². The van der Waals surface area contributed by atoms with Crippen LogP contribution in [0.3, 0.4) is 0 Å². The van der Waals surface area contributed by atoms with Crippen LogP contribution in [0.15, 0.2) is 48.7 Å². The molecule has 0 fully saturated rings. The second kappa shape index (κ2) is 6.71. The van der Waals surface area contributed by atoms with Crippen molar-refractivity contribution in [1.82, 2.24) is 10.3 Å². The molecule has 3 nitrogen and oxygen atoms in total. The third-order valence-electron chi connectivity index (χ3n) is 4.15. The number of halogens is 2. The molecule has 0 aliphatic heterocycles. The van der Waals surface area contributed by atoms with Crippen molar-refractivity contribution in [1.29, 1.82) is 0 Å². The van der Waals surface area contributed by atoms with Crippen molar-refractivity contribution in [2.24, 2.45) is 0 Å². The van der Waals surface area contributed by atoms with Crippen LogP contribution in [-0.4, -0.2) is 17.4 Å². The number of aromatic amines is 1. The molecule has 0 spiro atoms. The maximum absolute atomic E-state index is 12.5. The van der Waals surface area contributed by atoms with E-state index in [0.29, 0.717) is 21.5 Å². The molecule has 0 aliphatic carbocycles. The van der Waals surface area contributed by atoms with Crippen LogP contribution >= 0.6 is 34.5 Å². The van der Waals surface area contributed by atoms with Gasteiger partial charge in [-0.2, -0.15) is 0 Å². The highest BCUT2D eigenvalue weighted by molar-refractivity contribution is 7.21. The molecule has 1 amide bonds. The fourth-order valence-electron chi connectivity index (χ4n) is 2.91. The van der Waals surface area contributed by atoms with Crippen molar-refractivity contribution in [3.05, 3.63) is 69.1 Å². The van der Waals surface area contributed by atoms with Crippen molar-refractivity contribution in [2.75, 3.05) is 6.54 Å². The molecule has 2 aromatic carbocycles. The summed E-state index contributed by atoms with van der Waals surface area (Å²) in [4.78, 5) is 16.3. The normalized spacial score (nSPS) is 11.3. The summed E-state index contributed by atoms with van der Waals surface area (Å²) in [5, 5.41) is 6.13. The molecule has 0 aliphatic rings. The Morgan fingerprint density at radius 2 is 1.96 bits per heavy atom. The minimum absolute atomic E-state index is 0.151. The summed E-state index contributed by atoms with van der Waals surface area (Å²) in [7, 11) is 0. The number of para-hydroxylation sites is 1. The summed E-state index contributed by atoms with van der Waals surface area (Å²) >= 11 is 13.7. The molecule has 2 N–H and O–H groups in total. The number of nitrogens with one attached hydrogen (secondary N) is 2. The largest absolute Gasteiger partial charge is 0.361 e. The van der Waals surface area contributed by atoms with Crippen LogP contribution in [0, 0.1) is 0 Å². The summed E-state index contributed by atoms with van der Waals surface area (Å²) in [5.74, 6) is -0.151. The van der Waals surface area contributed by atoms with E-state index in [2.05, 4.69) is 16.4 Å². The van der Waals surface area contributed by atoms with Gasteiger partial charge < -0.3 is 10.3 Å². The summed E-state index contributed by atoms with van der Waals surface area (Å²) < 4.78 is 0.916. The summed E-state index contributed by atoms with van der Waals surface area (Å²) in [6, 6.07) is 13.6. The average Bonchev–Trinajstić information content (AvgIpc) is 3.16. The number of fused-ring (bicyclic) bond motifs is 2. The Kier molecular flexibility index (Phi) is 4.42. The third-order valence-corrected chi connectivity index (χ3v) is 6.04. The number of thiophene rings is 1. The second-order valence-electron chi connectivity index (χ2n) is 5.75. The second-order valence-corrected chi connectivity index (χ2v) is 7.62. The van der Waals surface area contributed by atoms with Crippen molar-refractivity contribution in [3.8, 4) is 0 Å². The predicted octanol–water partition coefficient (Wildman–Crippen LogP) is 5.66. The van der Waals surface area contributed by atoms with Crippen LogP contribution < -0.4 is 5.32 Å². The molecular formula is C19H14Cl2N2OS. The SMILES string of the molecule is O=C(NCCc1c[nH]c2ccccc12)c1sc2cc(Cl)ccc2c1Cl. The van der Waals surface area contributed by atoms with E-state index < -0.39 is 0 Å². The Labute approximate surface area is 158 Å². The molecule has 0 saturated heterocycles.